The van der Waals surface area contributed by atoms with Gasteiger partial charge < -0.3 is 34.4 Å². The largest absolute Gasteiger partial charge is 0.444 e. The predicted molar refractivity (Wildman–Crippen MR) is 262 cm³/mol. The second-order valence-electron chi connectivity index (χ2n) is 17.8. The highest BCUT2D eigenvalue weighted by Crippen LogP contribution is 2.42. The van der Waals surface area contributed by atoms with Crippen molar-refractivity contribution in [3.63, 3.8) is 0 Å². The fraction of sp³-hybridized carbons (Fsp3) is 0.286. The summed E-state index contributed by atoms with van der Waals surface area (Å²) in [4.78, 5) is 54.9. The van der Waals surface area contributed by atoms with Crippen molar-refractivity contribution in [3.8, 4) is 0 Å². The average molecular weight is 922 g/mol. The molecule has 0 saturated heterocycles. The number of benzene rings is 6. The molecule has 0 radical (unpaired) electrons. The first-order valence-electron chi connectivity index (χ1n) is 22.4. The molecule has 0 aliphatic rings. The van der Waals surface area contributed by atoms with E-state index in [1.54, 1.807) is 41.5 Å². The van der Waals surface area contributed by atoms with Crippen molar-refractivity contribution >= 4 is 24.4 Å². The second kappa shape index (κ2) is 24.1. The molecule has 2 atom stereocenters. The molecule has 2 N–H and O–H groups in total. The van der Waals surface area contributed by atoms with Gasteiger partial charge >= 0.3 is 12.2 Å². The van der Waals surface area contributed by atoms with Crippen LogP contribution in [0.4, 0.5) is 9.59 Å². The lowest BCUT2D eigenvalue weighted by atomic mass is 9.80. The van der Waals surface area contributed by atoms with Crippen LogP contribution in [0.3, 0.4) is 0 Å². The zero-order valence-electron chi connectivity index (χ0n) is 40.1. The summed E-state index contributed by atoms with van der Waals surface area (Å²) >= 11 is 0. The number of hydrogen-bond donors (Lipinski definition) is 2. The molecular formula is C56H63N3O9. The van der Waals surface area contributed by atoms with Gasteiger partial charge in [0.1, 0.15) is 40.8 Å². The van der Waals surface area contributed by atoms with E-state index in [2.05, 4.69) is 10.6 Å². The first kappa shape index (κ1) is 51.9. The molecule has 0 aliphatic heterocycles. The number of aldehydes is 1. The number of likely N-dealkylation sites (N-methyl/N-ethyl adjacent to an activating group) is 1. The molecule has 356 valence electrons. The molecule has 6 aromatic rings. The summed E-state index contributed by atoms with van der Waals surface area (Å²) in [5.74, 6) is -0.480. The molecule has 0 saturated carbocycles. The van der Waals surface area contributed by atoms with Crippen molar-refractivity contribution in [2.45, 2.75) is 76.0 Å². The third-order valence-corrected chi connectivity index (χ3v) is 10.5. The molecule has 0 aromatic heterocycles. The zero-order valence-corrected chi connectivity index (χ0v) is 40.1. The Labute approximate surface area is 400 Å². The standard InChI is InChI=1S/C29H34N2O5.C27H29NO4/c1-28(2,3)36-27(33)30-25(26(32)31(4)34-5)21-35-29(22-15-9-6-10-16-22,23-17-11-7-12-18-23)24-19-13-8-14-20-24;1-26(2,3)32-25(30)28-24(19-29)20-31-27(21-13-7-4-8-14-21,22-15-9-5-10-16-22)23-17-11-6-12-18-23/h6-20,25H,21H2,1-5H3,(H,30,33);4-19,24H,20H2,1-3H3,(H,28,30). The van der Waals surface area contributed by atoms with Crippen LogP contribution in [0.5, 0.6) is 0 Å². The lowest BCUT2D eigenvalue weighted by molar-refractivity contribution is -0.173. The molecule has 0 fully saturated rings. The van der Waals surface area contributed by atoms with Crippen LogP contribution in [0.15, 0.2) is 182 Å². The quantitative estimate of drug-likeness (QED) is 0.0520. The van der Waals surface area contributed by atoms with E-state index < -0.39 is 52.6 Å². The van der Waals surface area contributed by atoms with Gasteiger partial charge in [-0.2, -0.15) is 0 Å². The van der Waals surface area contributed by atoms with Gasteiger partial charge in [0, 0.05) is 7.05 Å². The first-order chi connectivity index (χ1) is 32.5. The van der Waals surface area contributed by atoms with E-state index in [-0.39, 0.29) is 13.2 Å². The Kier molecular flexibility index (Phi) is 18.4. The van der Waals surface area contributed by atoms with Crippen molar-refractivity contribution in [1.82, 2.24) is 15.7 Å². The van der Waals surface area contributed by atoms with Gasteiger partial charge in [-0.1, -0.05) is 182 Å². The fourth-order valence-electron chi connectivity index (χ4n) is 7.47. The summed E-state index contributed by atoms with van der Waals surface area (Å²) < 4.78 is 24.0. The van der Waals surface area contributed by atoms with E-state index in [9.17, 15) is 19.2 Å². The molecule has 3 amide bonds. The summed E-state index contributed by atoms with van der Waals surface area (Å²) in [6, 6.07) is 57.0. The van der Waals surface area contributed by atoms with E-state index in [1.807, 2.05) is 182 Å². The Hall–Kier alpha value is -7.12. The number of ether oxygens (including phenoxy) is 4. The molecule has 6 rings (SSSR count). The van der Waals surface area contributed by atoms with E-state index >= 15 is 0 Å². The number of rotatable bonds is 17. The SMILES string of the molecule is CC(C)(C)OC(=O)NC(C=O)COC(c1ccccc1)(c1ccccc1)c1ccccc1.CON(C)C(=O)C(COC(c1ccccc1)(c1ccccc1)c1ccccc1)NC(=O)OC(C)(C)C. The Balaban J connectivity index is 0.000000256. The van der Waals surface area contributed by atoms with Gasteiger partial charge in [0.15, 0.2) is 0 Å². The van der Waals surface area contributed by atoms with Crippen molar-refractivity contribution < 1.29 is 43.0 Å². The second-order valence-corrected chi connectivity index (χ2v) is 17.8. The lowest BCUT2D eigenvalue weighted by Gasteiger charge is -2.37. The Morgan fingerprint density at radius 3 is 1.03 bits per heavy atom. The third-order valence-electron chi connectivity index (χ3n) is 10.5. The van der Waals surface area contributed by atoms with Crippen LogP contribution in [0.1, 0.15) is 74.9 Å². The van der Waals surface area contributed by atoms with Crippen LogP contribution in [-0.2, 0) is 44.6 Å². The van der Waals surface area contributed by atoms with Crippen LogP contribution in [0, 0.1) is 0 Å². The van der Waals surface area contributed by atoms with Crippen LogP contribution in [0.2, 0.25) is 0 Å². The fourth-order valence-corrected chi connectivity index (χ4v) is 7.47. The molecule has 0 spiro atoms. The number of hydrogen-bond acceptors (Lipinski definition) is 9. The van der Waals surface area contributed by atoms with Crippen molar-refractivity contribution in [2.75, 3.05) is 27.4 Å². The van der Waals surface area contributed by atoms with Crippen LogP contribution in [0.25, 0.3) is 0 Å². The Morgan fingerprint density at radius 1 is 0.485 bits per heavy atom. The summed E-state index contributed by atoms with van der Waals surface area (Å²) in [5, 5.41) is 6.31. The number of nitrogens with zero attached hydrogens (tertiary/aromatic N) is 1. The maximum Gasteiger partial charge on any atom is 0.408 e. The number of hydroxylamine groups is 2. The maximum atomic E-state index is 13.2. The van der Waals surface area contributed by atoms with E-state index in [1.165, 1.54) is 14.2 Å². The molecule has 6 aromatic carbocycles. The van der Waals surface area contributed by atoms with Gasteiger partial charge in [-0.05, 0) is 74.9 Å². The molecule has 2 unspecified atom stereocenters. The molecule has 68 heavy (non-hydrogen) atoms. The maximum absolute atomic E-state index is 13.2. The molecule has 12 heteroatoms. The van der Waals surface area contributed by atoms with Gasteiger partial charge in [-0.15, -0.1) is 0 Å². The van der Waals surface area contributed by atoms with Gasteiger partial charge in [-0.25, -0.2) is 14.7 Å². The zero-order chi connectivity index (χ0) is 49.2. The number of amides is 3. The van der Waals surface area contributed by atoms with Gasteiger partial charge in [0.05, 0.1) is 20.3 Å². The number of alkyl carbamates (subject to hydrolysis) is 2. The van der Waals surface area contributed by atoms with Crippen molar-refractivity contribution in [2.24, 2.45) is 0 Å². The van der Waals surface area contributed by atoms with E-state index in [0.29, 0.717) is 6.29 Å². The minimum atomic E-state index is -1.07. The summed E-state index contributed by atoms with van der Waals surface area (Å²) in [7, 11) is 2.86. The number of carbonyl (C=O) groups is 4. The number of nitrogens with one attached hydrogen (secondary N) is 2. The van der Waals surface area contributed by atoms with E-state index in [0.717, 1.165) is 38.4 Å². The molecular weight excluding hydrogens is 859 g/mol. The monoisotopic (exact) mass is 921 g/mol. The molecule has 0 aliphatic carbocycles. The van der Waals surface area contributed by atoms with Crippen LogP contribution < -0.4 is 10.6 Å². The lowest BCUT2D eigenvalue weighted by Crippen LogP contribution is -2.52. The van der Waals surface area contributed by atoms with Crippen molar-refractivity contribution in [1.29, 1.82) is 0 Å². The highest BCUT2D eigenvalue weighted by Gasteiger charge is 2.41. The van der Waals surface area contributed by atoms with Crippen LogP contribution in [-0.4, -0.2) is 80.1 Å². The molecule has 0 bridgehead atoms. The smallest absolute Gasteiger partial charge is 0.408 e. The Morgan fingerprint density at radius 2 is 0.765 bits per heavy atom. The first-order valence-corrected chi connectivity index (χ1v) is 22.4. The topological polar surface area (TPSA) is 142 Å². The number of carbonyl (C=O) groups excluding carboxylic acids is 4. The predicted octanol–water partition coefficient (Wildman–Crippen LogP) is 10.00. The van der Waals surface area contributed by atoms with E-state index in [4.69, 9.17) is 23.8 Å². The van der Waals surface area contributed by atoms with Gasteiger partial charge in [0.2, 0.25) is 0 Å². The van der Waals surface area contributed by atoms with Gasteiger partial charge in [-0.3, -0.25) is 9.63 Å². The summed E-state index contributed by atoms with van der Waals surface area (Å²) in [6.07, 6.45) is -0.725. The van der Waals surface area contributed by atoms with Crippen LogP contribution >= 0.6 is 0 Å². The minimum Gasteiger partial charge on any atom is -0.444 e. The normalized spacial score (nSPS) is 12.5. The third kappa shape index (κ3) is 14.0. The highest BCUT2D eigenvalue weighted by molar-refractivity contribution is 5.85. The van der Waals surface area contributed by atoms with Crippen molar-refractivity contribution in [3.05, 3.63) is 215 Å². The minimum absolute atomic E-state index is 0.0403. The Bertz CT molecular complexity index is 2270. The van der Waals surface area contributed by atoms with Gasteiger partial charge in [0.25, 0.3) is 5.91 Å². The average Bonchev–Trinajstić information content (AvgIpc) is 3.34. The molecule has 0 heterocycles. The summed E-state index contributed by atoms with van der Waals surface area (Å²) in [6.45, 7) is 10.4. The molecule has 12 nitrogen and oxygen atoms in total. The summed E-state index contributed by atoms with van der Waals surface area (Å²) in [5.41, 5.74) is 1.97. The highest BCUT2D eigenvalue weighted by atomic mass is 16.7.